The highest BCUT2D eigenvalue weighted by Gasteiger charge is 2.36. The summed E-state index contributed by atoms with van der Waals surface area (Å²) in [6.07, 6.45) is 21.0. The molecule has 5 rings (SSSR count). The van der Waals surface area contributed by atoms with Crippen LogP contribution in [0.5, 0.6) is 0 Å². The van der Waals surface area contributed by atoms with Crippen LogP contribution in [0.15, 0.2) is 83.4 Å². The minimum Gasteiger partial charge on any atom is -0.0794 e. The largest absolute Gasteiger partial charge is 0.0794 e. The third-order valence-corrected chi connectivity index (χ3v) is 13.7. The van der Waals surface area contributed by atoms with Crippen LogP contribution in [0.25, 0.3) is 0 Å². The fourth-order valence-electron chi connectivity index (χ4n) is 5.95. The number of hydrogen-bond donors (Lipinski definition) is 0. The van der Waals surface area contributed by atoms with Crippen molar-refractivity contribution in [3.05, 3.63) is 83.4 Å². The lowest BCUT2D eigenvalue weighted by Crippen LogP contribution is -2.22. The van der Waals surface area contributed by atoms with Gasteiger partial charge in [-0.05, 0) is 72.6 Å². The van der Waals surface area contributed by atoms with E-state index in [4.69, 9.17) is 0 Å². The maximum absolute atomic E-state index is 2.60. The second-order valence-electron chi connectivity index (χ2n) is 9.44. The zero-order valence-corrected chi connectivity index (χ0v) is 20.5. The summed E-state index contributed by atoms with van der Waals surface area (Å²) < 4.78 is 0. The lowest BCUT2D eigenvalue weighted by molar-refractivity contribution is 0.486. The molecule has 2 saturated carbocycles. The van der Waals surface area contributed by atoms with E-state index < -0.39 is 7.92 Å². The lowest BCUT2D eigenvalue weighted by Gasteiger charge is -2.40. The molecule has 3 aliphatic carbocycles. The van der Waals surface area contributed by atoms with Gasteiger partial charge in [0.2, 0.25) is 0 Å². The van der Waals surface area contributed by atoms with Crippen molar-refractivity contribution in [1.29, 1.82) is 0 Å². The molecule has 0 saturated heterocycles. The molecule has 3 aliphatic rings. The first-order chi connectivity index (χ1) is 15.4. The summed E-state index contributed by atoms with van der Waals surface area (Å²) in [5.74, 6) is 0. The van der Waals surface area contributed by atoms with Gasteiger partial charge in [0.05, 0.1) is 0 Å². The van der Waals surface area contributed by atoms with Gasteiger partial charge < -0.3 is 0 Å². The lowest BCUT2D eigenvalue weighted by atomic mass is 9.99. The van der Waals surface area contributed by atoms with E-state index >= 15 is 0 Å². The van der Waals surface area contributed by atoms with Gasteiger partial charge in [-0.1, -0.05) is 119 Å². The van der Waals surface area contributed by atoms with Gasteiger partial charge in [0.1, 0.15) is 0 Å². The van der Waals surface area contributed by atoms with E-state index in [1.807, 2.05) is 5.31 Å². The molecule has 0 N–H and O–H groups in total. The molecule has 0 nitrogen and oxygen atoms in total. The normalized spacial score (nSPS) is 20.8. The first kappa shape index (κ1) is 21.6. The number of hydrogen-bond acceptors (Lipinski definition) is 0. The maximum atomic E-state index is 2.60. The smallest absolute Gasteiger partial charge is 0.00770 e. The predicted octanol–water partition coefficient (Wildman–Crippen LogP) is 8.44. The molecule has 0 spiro atoms. The van der Waals surface area contributed by atoms with Crippen LogP contribution in [0.2, 0.25) is 0 Å². The second kappa shape index (κ2) is 10.6. The molecule has 0 bridgehead atoms. The average Bonchev–Trinajstić information content (AvgIpc) is 3.31. The Labute approximate surface area is 191 Å². The van der Waals surface area contributed by atoms with E-state index in [1.165, 1.54) is 81.2 Å². The second-order valence-corrected chi connectivity index (χ2v) is 14.4. The van der Waals surface area contributed by atoms with E-state index in [0.717, 1.165) is 11.3 Å². The molecular formula is C29H36P2. The Hall–Kier alpha value is -1.22. The van der Waals surface area contributed by atoms with Crippen LogP contribution in [0.4, 0.5) is 0 Å². The first-order valence-corrected chi connectivity index (χ1v) is 15.3. The summed E-state index contributed by atoms with van der Waals surface area (Å²) in [5, 5.41) is 6.67. The van der Waals surface area contributed by atoms with Crippen LogP contribution < -0.4 is 10.6 Å². The van der Waals surface area contributed by atoms with Gasteiger partial charge >= 0.3 is 0 Å². The van der Waals surface area contributed by atoms with Crippen LogP contribution in [-0.2, 0) is 0 Å². The topological polar surface area (TPSA) is 0 Å². The Kier molecular flexibility index (Phi) is 7.39. The summed E-state index contributed by atoms with van der Waals surface area (Å²) in [4.78, 5) is 0. The van der Waals surface area contributed by atoms with E-state index in [9.17, 15) is 0 Å². The van der Waals surface area contributed by atoms with Crippen molar-refractivity contribution in [3.8, 4) is 0 Å². The van der Waals surface area contributed by atoms with Crippen molar-refractivity contribution in [1.82, 2.24) is 0 Å². The summed E-state index contributed by atoms with van der Waals surface area (Å²) >= 11 is 0. The van der Waals surface area contributed by atoms with Gasteiger partial charge in [-0.3, -0.25) is 0 Å². The molecule has 0 amide bonds. The molecule has 0 radical (unpaired) electrons. The SMILES string of the molecule is C1=CC(P(C2CCCCC2)C2CCCCC2)=C(P(c2ccccc2)c2ccccc2)C1. The van der Waals surface area contributed by atoms with Gasteiger partial charge in [-0.15, -0.1) is 0 Å². The van der Waals surface area contributed by atoms with Gasteiger partial charge in [0, 0.05) is 0 Å². The molecule has 2 aromatic rings. The third-order valence-electron chi connectivity index (χ3n) is 7.40. The summed E-state index contributed by atoms with van der Waals surface area (Å²) in [7, 11) is -0.474. The fourth-order valence-corrected chi connectivity index (χ4v) is 12.9. The number of benzene rings is 2. The van der Waals surface area contributed by atoms with Gasteiger partial charge in [0.25, 0.3) is 0 Å². The van der Waals surface area contributed by atoms with Crippen molar-refractivity contribution in [2.24, 2.45) is 0 Å². The molecule has 162 valence electrons. The van der Waals surface area contributed by atoms with E-state index in [1.54, 1.807) is 5.31 Å². The van der Waals surface area contributed by atoms with Crippen LogP contribution >= 0.6 is 15.8 Å². The minimum atomic E-state index is -0.433. The van der Waals surface area contributed by atoms with Crippen molar-refractivity contribution in [2.75, 3.05) is 0 Å². The van der Waals surface area contributed by atoms with Gasteiger partial charge in [-0.2, -0.15) is 0 Å². The summed E-state index contributed by atoms with van der Waals surface area (Å²) in [5.41, 5.74) is 1.95. The van der Waals surface area contributed by atoms with Gasteiger partial charge in [-0.25, -0.2) is 0 Å². The highest BCUT2D eigenvalue weighted by Crippen LogP contribution is 2.66. The van der Waals surface area contributed by atoms with E-state index in [2.05, 4.69) is 72.8 Å². The monoisotopic (exact) mass is 446 g/mol. The highest BCUT2D eigenvalue weighted by atomic mass is 31.1. The Morgan fingerprint density at radius 1 is 0.581 bits per heavy atom. The highest BCUT2D eigenvalue weighted by molar-refractivity contribution is 7.78. The van der Waals surface area contributed by atoms with Crippen LogP contribution in [0.1, 0.15) is 70.6 Å². The molecule has 0 unspecified atom stereocenters. The van der Waals surface area contributed by atoms with Crippen molar-refractivity contribution < 1.29 is 0 Å². The Morgan fingerprint density at radius 2 is 1.06 bits per heavy atom. The standard InChI is InChI=1S/C29H36P2/c1-5-14-24(15-6-1)30(25-16-7-2-8-17-25)28-22-13-23-29(28)31(26-18-9-3-10-19-26)27-20-11-4-12-21-27/h1-2,5-8,13-17,23,26-27H,3-4,9-12,18-22H2. The molecule has 31 heavy (non-hydrogen) atoms. The molecular weight excluding hydrogens is 410 g/mol. The summed E-state index contributed by atoms with van der Waals surface area (Å²) in [6, 6.07) is 22.8. The Balaban J connectivity index is 1.59. The molecule has 2 heteroatoms. The van der Waals surface area contributed by atoms with E-state index in [0.29, 0.717) is 0 Å². The quantitative estimate of drug-likeness (QED) is 0.391. The fraction of sp³-hybridized carbons (Fsp3) is 0.448. The van der Waals surface area contributed by atoms with Crippen molar-refractivity contribution in [2.45, 2.75) is 81.9 Å². The van der Waals surface area contributed by atoms with Crippen molar-refractivity contribution >= 4 is 26.5 Å². The maximum Gasteiger partial charge on any atom is -0.00770 e. The number of rotatable bonds is 6. The first-order valence-electron chi connectivity index (χ1n) is 12.5. The predicted molar refractivity (Wildman–Crippen MR) is 141 cm³/mol. The zero-order chi connectivity index (χ0) is 20.9. The van der Waals surface area contributed by atoms with Crippen LogP contribution in [-0.4, -0.2) is 11.3 Å². The molecule has 0 atom stereocenters. The van der Waals surface area contributed by atoms with Gasteiger partial charge in [0.15, 0.2) is 0 Å². The molecule has 0 aromatic heterocycles. The third kappa shape index (κ3) is 4.92. The zero-order valence-electron chi connectivity index (χ0n) is 18.8. The Morgan fingerprint density at radius 3 is 1.55 bits per heavy atom. The summed E-state index contributed by atoms with van der Waals surface area (Å²) in [6.45, 7) is 0. The van der Waals surface area contributed by atoms with E-state index in [-0.39, 0.29) is 7.92 Å². The minimum absolute atomic E-state index is 0.0416. The van der Waals surface area contributed by atoms with Crippen LogP contribution in [0.3, 0.4) is 0 Å². The van der Waals surface area contributed by atoms with Crippen LogP contribution in [0, 0.1) is 0 Å². The molecule has 0 heterocycles. The Bertz CT molecular complexity index is 829. The molecule has 2 fully saturated rings. The average molecular weight is 447 g/mol. The molecule has 2 aromatic carbocycles. The molecule has 0 aliphatic heterocycles. The van der Waals surface area contributed by atoms with Crippen molar-refractivity contribution in [3.63, 3.8) is 0 Å². The number of allylic oxidation sites excluding steroid dienone is 4.